The minimum absolute atomic E-state index is 0.886. The molecule has 2 heterocycles. The number of nitrogens with zero attached hydrogens (tertiary/aromatic N) is 3. The Morgan fingerprint density at radius 1 is 1.18 bits per heavy atom. The summed E-state index contributed by atoms with van der Waals surface area (Å²) < 4.78 is 1.87. The van der Waals surface area contributed by atoms with Gasteiger partial charge in [0.15, 0.2) is 0 Å². The molecule has 0 aliphatic heterocycles. The zero-order valence-corrected chi connectivity index (χ0v) is 10.2. The van der Waals surface area contributed by atoms with Crippen molar-refractivity contribution in [3.8, 4) is 11.4 Å². The number of benzene rings is 1. The van der Waals surface area contributed by atoms with Crippen LogP contribution in [0.15, 0.2) is 47.5 Å². The van der Waals surface area contributed by atoms with Crippen molar-refractivity contribution in [3.63, 3.8) is 0 Å². The monoisotopic (exact) mass is 241 g/mol. The highest BCUT2D eigenvalue weighted by Crippen LogP contribution is 2.27. The van der Waals surface area contributed by atoms with Gasteiger partial charge in [0.05, 0.1) is 11.2 Å². The summed E-state index contributed by atoms with van der Waals surface area (Å²) in [5.74, 6) is 0. The van der Waals surface area contributed by atoms with Crippen molar-refractivity contribution < 1.29 is 0 Å². The second kappa shape index (κ2) is 3.89. The fraction of sp³-hybridized carbons (Fsp3) is 0.0769. The second-order valence-electron chi connectivity index (χ2n) is 3.89. The standard InChI is InChI=1S/C13H11N3S/c1-16-12-6-5-9(17)8-10(12)13(15-16)11-4-2-3-7-14-11/h2-8,17H,1H3. The van der Waals surface area contributed by atoms with Crippen molar-refractivity contribution in [2.75, 3.05) is 0 Å². The first-order valence-corrected chi connectivity index (χ1v) is 5.77. The summed E-state index contributed by atoms with van der Waals surface area (Å²) in [4.78, 5) is 5.27. The molecule has 0 amide bonds. The van der Waals surface area contributed by atoms with Gasteiger partial charge in [-0.25, -0.2) is 0 Å². The third-order valence-corrected chi connectivity index (χ3v) is 3.02. The first kappa shape index (κ1) is 10.4. The largest absolute Gasteiger partial charge is 0.267 e. The SMILES string of the molecule is Cn1nc(-c2ccccn2)c2cc(S)ccc21. The van der Waals surface area contributed by atoms with Crippen LogP contribution in [0.5, 0.6) is 0 Å². The number of thiol groups is 1. The summed E-state index contributed by atoms with van der Waals surface area (Å²) in [6.07, 6.45) is 1.78. The average Bonchev–Trinajstić information content (AvgIpc) is 2.67. The summed E-state index contributed by atoms with van der Waals surface area (Å²) in [6, 6.07) is 11.8. The van der Waals surface area contributed by atoms with Gasteiger partial charge < -0.3 is 0 Å². The van der Waals surface area contributed by atoms with Crippen LogP contribution in [0, 0.1) is 0 Å². The van der Waals surface area contributed by atoms with Crippen LogP contribution >= 0.6 is 12.6 Å². The highest BCUT2D eigenvalue weighted by atomic mass is 32.1. The molecule has 0 spiro atoms. The Morgan fingerprint density at radius 2 is 2.06 bits per heavy atom. The maximum absolute atomic E-state index is 4.52. The smallest absolute Gasteiger partial charge is 0.119 e. The molecule has 0 N–H and O–H groups in total. The highest BCUT2D eigenvalue weighted by molar-refractivity contribution is 7.80. The molecule has 1 aromatic carbocycles. The van der Waals surface area contributed by atoms with E-state index in [-0.39, 0.29) is 0 Å². The lowest BCUT2D eigenvalue weighted by Crippen LogP contribution is -1.90. The maximum Gasteiger partial charge on any atom is 0.119 e. The summed E-state index contributed by atoms with van der Waals surface area (Å²) in [6.45, 7) is 0. The quantitative estimate of drug-likeness (QED) is 0.664. The lowest BCUT2D eigenvalue weighted by atomic mass is 10.1. The van der Waals surface area contributed by atoms with E-state index in [0.29, 0.717) is 0 Å². The van der Waals surface area contributed by atoms with Crippen molar-refractivity contribution in [3.05, 3.63) is 42.6 Å². The van der Waals surface area contributed by atoms with E-state index in [0.717, 1.165) is 27.2 Å². The van der Waals surface area contributed by atoms with Gasteiger partial charge >= 0.3 is 0 Å². The van der Waals surface area contributed by atoms with Crippen LogP contribution in [0.25, 0.3) is 22.3 Å². The molecule has 3 aromatic rings. The van der Waals surface area contributed by atoms with E-state index in [2.05, 4.69) is 22.7 Å². The number of aryl methyl sites for hydroxylation is 1. The fourth-order valence-electron chi connectivity index (χ4n) is 1.95. The van der Waals surface area contributed by atoms with Gasteiger partial charge in [0.25, 0.3) is 0 Å². The van der Waals surface area contributed by atoms with Gasteiger partial charge in [0.1, 0.15) is 5.69 Å². The summed E-state index contributed by atoms with van der Waals surface area (Å²) in [5, 5.41) is 5.60. The molecule has 3 rings (SSSR count). The Morgan fingerprint density at radius 3 is 2.82 bits per heavy atom. The predicted octanol–water partition coefficient (Wildman–Crippen LogP) is 2.92. The minimum Gasteiger partial charge on any atom is -0.267 e. The van der Waals surface area contributed by atoms with Gasteiger partial charge in [-0.15, -0.1) is 12.6 Å². The van der Waals surface area contributed by atoms with Gasteiger partial charge in [-0.1, -0.05) is 6.07 Å². The Labute approximate surface area is 105 Å². The van der Waals surface area contributed by atoms with E-state index in [9.17, 15) is 0 Å². The van der Waals surface area contributed by atoms with Gasteiger partial charge in [-0.2, -0.15) is 5.10 Å². The molecule has 3 nitrogen and oxygen atoms in total. The third-order valence-electron chi connectivity index (χ3n) is 2.74. The molecule has 4 heteroatoms. The van der Waals surface area contributed by atoms with Gasteiger partial charge in [0, 0.05) is 23.5 Å². The average molecular weight is 241 g/mol. The third kappa shape index (κ3) is 1.70. The number of pyridine rings is 1. The minimum atomic E-state index is 0.886. The van der Waals surface area contributed by atoms with Crippen molar-refractivity contribution in [2.24, 2.45) is 7.05 Å². The fourth-order valence-corrected chi connectivity index (χ4v) is 2.15. The molecule has 0 atom stereocenters. The number of aromatic nitrogens is 3. The van der Waals surface area contributed by atoms with Crippen LogP contribution in [0.4, 0.5) is 0 Å². The Bertz CT molecular complexity index is 674. The second-order valence-corrected chi connectivity index (χ2v) is 4.41. The Balaban J connectivity index is 2.34. The molecule has 0 unspecified atom stereocenters. The van der Waals surface area contributed by atoms with E-state index in [4.69, 9.17) is 0 Å². The summed E-state index contributed by atoms with van der Waals surface area (Å²) in [5.41, 5.74) is 2.87. The molecule has 84 valence electrons. The molecule has 0 aliphatic carbocycles. The lowest BCUT2D eigenvalue weighted by Gasteiger charge is -1.96. The van der Waals surface area contributed by atoms with Crippen molar-refractivity contribution in [1.82, 2.24) is 14.8 Å². The predicted molar refractivity (Wildman–Crippen MR) is 71.2 cm³/mol. The van der Waals surface area contributed by atoms with E-state index < -0.39 is 0 Å². The van der Waals surface area contributed by atoms with Crippen molar-refractivity contribution in [2.45, 2.75) is 4.90 Å². The molecule has 0 bridgehead atoms. The zero-order chi connectivity index (χ0) is 11.8. The van der Waals surface area contributed by atoms with Gasteiger partial charge in [0.2, 0.25) is 0 Å². The number of hydrogen-bond donors (Lipinski definition) is 1. The van der Waals surface area contributed by atoms with Crippen LogP contribution < -0.4 is 0 Å². The Kier molecular flexibility index (Phi) is 2.37. The van der Waals surface area contributed by atoms with Crippen LogP contribution in [-0.4, -0.2) is 14.8 Å². The molecular formula is C13H11N3S. The lowest BCUT2D eigenvalue weighted by molar-refractivity contribution is 0.799. The van der Waals surface area contributed by atoms with E-state index in [1.807, 2.05) is 48.1 Å². The van der Waals surface area contributed by atoms with Gasteiger partial charge in [-0.3, -0.25) is 9.67 Å². The van der Waals surface area contributed by atoms with Crippen LogP contribution in [0.2, 0.25) is 0 Å². The molecule has 0 fully saturated rings. The molecule has 0 saturated heterocycles. The molecule has 0 aliphatic rings. The van der Waals surface area contributed by atoms with E-state index in [1.165, 1.54) is 0 Å². The summed E-state index contributed by atoms with van der Waals surface area (Å²) in [7, 11) is 1.94. The van der Waals surface area contributed by atoms with Crippen molar-refractivity contribution in [1.29, 1.82) is 0 Å². The molecule has 17 heavy (non-hydrogen) atoms. The molecule has 2 aromatic heterocycles. The van der Waals surface area contributed by atoms with Crippen LogP contribution in [0.3, 0.4) is 0 Å². The first-order valence-electron chi connectivity index (χ1n) is 5.33. The van der Waals surface area contributed by atoms with E-state index in [1.54, 1.807) is 6.20 Å². The molecule has 0 saturated carbocycles. The van der Waals surface area contributed by atoms with Crippen LogP contribution in [-0.2, 0) is 7.05 Å². The summed E-state index contributed by atoms with van der Waals surface area (Å²) >= 11 is 4.37. The first-order chi connectivity index (χ1) is 8.25. The highest BCUT2D eigenvalue weighted by Gasteiger charge is 2.11. The van der Waals surface area contributed by atoms with E-state index >= 15 is 0 Å². The zero-order valence-electron chi connectivity index (χ0n) is 9.33. The van der Waals surface area contributed by atoms with Crippen LogP contribution in [0.1, 0.15) is 0 Å². The topological polar surface area (TPSA) is 30.7 Å². The van der Waals surface area contributed by atoms with Gasteiger partial charge in [-0.05, 0) is 30.3 Å². The number of hydrogen-bond acceptors (Lipinski definition) is 3. The number of rotatable bonds is 1. The number of fused-ring (bicyclic) bond motifs is 1. The molecular weight excluding hydrogens is 230 g/mol. The maximum atomic E-state index is 4.52. The molecule has 0 radical (unpaired) electrons. The van der Waals surface area contributed by atoms with Crippen molar-refractivity contribution >= 4 is 23.5 Å². The normalized spacial score (nSPS) is 10.9. The Hall–Kier alpha value is -1.81.